The largest absolute Gasteiger partial charge is 0.460 e. The Hall–Kier alpha value is -1.99. The van der Waals surface area contributed by atoms with Gasteiger partial charge in [0.1, 0.15) is 12.2 Å². The highest BCUT2D eigenvalue weighted by Crippen LogP contribution is 2.22. The fourth-order valence-corrected chi connectivity index (χ4v) is 8.89. The third-order valence-corrected chi connectivity index (χ3v) is 13.3. The van der Waals surface area contributed by atoms with Gasteiger partial charge in [-0.3, -0.25) is 9.59 Å². The molecule has 2 unspecified atom stereocenters. The van der Waals surface area contributed by atoms with E-state index in [1.165, 1.54) is 133 Å². The number of piperidine rings is 1. The first-order chi connectivity index (χ1) is 33.8. The van der Waals surface area contributed by atoms with Crippen molar-refractivity contribution >= 4 is 18.0 Å². The molecule has 1 rings (SSSR count). The Bertz CT molecular complexity index is 1050. The third kappa shape index (κ3) is 39.3. The number of hydrogen-bond acceptors (Lipinski definition) is 11. The predicted octanol–water partition coefficient (Wildman–Crippen LogP) is 14.7. The SMILES string of the molecule is CCCCCCCCCOC(CCC(=O)OC1CC(OC(=O)CCC(OCCCCCCCCC)OCCCCCCCCC)CN(C(=O)OCCCN(CC)CC)C1)OCCCCCCCCC. The van der Waals surface area contributed by atoms with Crippen LogP contribution in [0.15, 0.2) is 0 Å². The predicted molar refractivity (Wildman–Crippen MR) is 282 cm³/mol. The molecule has 12 heteroatoms. The first kappa shape index (κ1) is 65.0. The molecule has 1 aliphatic rings. The second-order valence-electron chi connectivity index (χ2n) is 19.8. The Labute approximate surface area is 424 Å². The van der Waals surface area contributed by atoms with Crippen LogP contribution in [0.1, 0.15) is 260 Å². The average molecular weight is 984 g/mol. The number of hydrogen-bond donors (Lipinski definition) is 0. The van der Waals surface area contributed by atoms with Crippen molar-refractivity contribution in [3.63, 3.8) is 0 Å². The summed E-state index contributed by atoms with van der Waals surface area (Å²) in [6, 6.07) is 0. The van der Waals surface area contributed by atoms with Gasteiger partial charge in [0, 0.05) is 52.2 Å². The maximum absolute atomic E-state index is 13.5. The van der Waals surface area contributed by atoms with E-state index < -0.39 is 30.9 Å². The minimum atomic E-state index is -0.656. The lowest BCUT2D eigenvalue weighted by Gasteiger charge is -2.36. The molecule has 2 atom stereocenters. The molecule has 0 bridgehead atoms. The number of nitrogens with zero attached hydrogens (tertiary/aromatic N) is 2. The van der Waals surface area contributed by atoms with Crippen LogP contribution in [0.25, 0.3) is 0 Å². The van der Waals surface area contributed by atoms with Crippen molar-refractivity contribution in [2.75, 3.05) is 65.8 Å². The number of ether oxygens (including phenoxy) is 7. The van der Waals surface area contributed by atoms with Gasteiger partial charge in [-0.25, -0.2) is 4.79 Å². The quantitative estimate of drug-likeness (QED) is 0.0251. The van der Waals surface area contributed by atoms with Crippen LogP contribution in [0.2, 0.25) is 0 Å². The maximum atomic E-state index is 13.5. The van der Waals surface area contributed by atoms with E-state index in [0.717, 1.165) is 71.0 Å². The van der Waals surface area contributed by atoms with Gasteiger partial charge in [-0.1, -0.05) is 196 Å². The topological polar surface area (TPSA) is 122 Å². The lowest BCUT2D eigenvalue weighted by atomic mass is 10.1. The average Bonchev–Trinajstić information content (AvgIpc) is 3.34. The second kappa shape index (κ2) is 48.3. The summed E-state index contributed by atoms with van der Waals surface area (Å²) in [4.78, 5) is 44.3. The summed E-state index contributed by atoms with van der Waals surface area (Å²) < 4.78 is 42.7. The zero-order valence-electron chi connectivity index (χ0n) is 45.9. The van der Waals surface area contributed by atoms with Crippen molar-refractivity contribution in [2.45, 2.75) is 285 Å². The van der Waals surface area contributed by atoms with Crippen LogP contribution >= 0.6 is 0 Å². The minimum absolute atomic E-state index is 0.120. The van der Waals surface area contributed by atoms with Crippen LogP contribution in [0.5, 0.6) is 0 Å². The van der Waals surface area contributed by atoms with Gasteiger partial charge in [0.2, 0.25) is 0 Å². The molecular weight excluding hydrogens is 873 g/mol. The van der Waals surface area contributed by atoms with E-state index in [-0.39, 0.29) is 44.5 Å². The molecule has 0 N–H and O–H groups in total. The lowest BCUT2D eigenvalue weighted by molar-refractivity contribution is -0.170. The minimum Gasteiger partial charge on any atom is -0.460 e. The fraction of sp³-hybridized carbons (Fsp3) is 0.947. The molecule has 12 nitrogen and oxygen atoms in total. The summed E-state index contributed by atoms with van der Waals surface area (Å²) >= 11 is 0. The van der Waals surface area contributed by atoms with Gasteiger partial charge < -0.3 is 43.0 Å². The number of carbonyl (C=O) groups excluding carboxylic acids is 3. The lowest BCUT2D eigenvalue weighted by Crippen LogP contribution is -2.51. The molecule has 1 fully saturated rings. The molecule has 1 aliphatic heterocycles. The number of amides is 1. The third-order valence-electron chi connectivity index (χ3n) is 13.3. The summed E-state index contributed by atoms with van der Waals surface area (Å²) in [6.07, 6.45) is 32.8. The van der Waals surface area contributed by atoms with Crippen LogP contribution < -0.4 is 0 Å². The highest BCUT2D eigenvalue weighted by molar-refractivity contribution is 5.71. The molecule has 0 aromatic rings. The van der Waals surface area contributed by atoms with Gasteiger partial charge in [0.05, 0.1) is 32.5 Å². The molecule has 1 heterocycles. The van der Waals surface area contributed by atoms with Crippen molar-refractivity contribution in [1.82, 2.24) is 9.80 Å². The molecule has 0 aromatic carbocycles. The summed E-state index contributed by atoms with van der Waals surface area (Å²) in [7, 11) is 0. The van der Waals surface area contributed by atoms with Gasteiger partial charge in [-0.15, -0.1) is 0 Å². The van der Waals surface area contributed by atoms with Gasteiger partial charge in [-0.2, -0.15) is 0 Å². The standard InChI is InChI=1S/C57H110N2O10/c1-7-13-17-21-25-29-33-43-63-55(64-44-34-30-26-22-18-14-8-2)40-38-53(60)68-51-48-52(50-59(49-51)57(62)67-47-37-42-58(11-5)12-6)69-54(61)39-41-56(65-45-35-31-27-23-19-15-9-3)66-46-36-32-28-24-20-16-10-4/h51-52,55-56H,7-50H2,1-6H3. The Morgan fingerprint density at radius 2 is 0.754 bits per heavy atom. The molecule has 0 radical (unpaired) electrons. The summed E-state index contributed by atoms with van der Waals surface area (Å²) in [5, 5.41) is 0. The van der Waals surface area contributed by atoms with Crippen LogP contribution in [0, 0.1) is 0 Å². The van der Waals surface area contributed by atoms with E-state index in [9.17, 15) is 14.4 Å². The van der Waals surface area contributed by atoms with Crippen molar-refractivity contribution in [1.29, 1.82) is 0 Å². The van der Waals surface area contributed by atoms with E-state index in [2.05, 4.69) is 46.4 Å². The molecule has 1 saturated heterocycles. The summed E-state index contributed by atoms with van der Waals surface area (Å²) in [5.41, 5.74) is 0. The van der Waals surface area contributed by atoms with Gasteiger partial charge in [0.25, 0.3) is 0 Å². The highest BCUT2D eigenvalue weighted by Gasteiger charge is 2.35. The van der Waals surface area contributed by atoms with Crippen molar-refractivity contribution < 1.29 is 47.5 Å². The van der Waals surface area contributed by atoms with Crippen LogP contribution in [-0.2, 0) is 42.7 Å². The number of esters is 2. The van der Waals surface area contributed by atoms with E-state index >= 15 is 0 Å². The first-order valence-corrected chi connectivity index (χ1v) is 29.3. The number of carbonyl (C=O) groups is 3. The van der Waals surface area contributed by atoms with Crippen molar-refractivity contribution in [2.24, 2.45) is 0 Å². The van der Waals surface area contributed by atoms with Crippen molar-refractivity contribution in [3.8, 4) is 0 Å². The molecule has 408 valence electrons. The van der Waals surface area contributed by atoms with E-state index in [4.69, 9.17) is 33.2 Å². The Morgan fingerprint density at radius 3 is 1.07 bits per heavy atom. The summed E-state index contributed by atoms with van der Waals surface area (Å²) in [6.45, 7) is 18.9. The van der Waals surface area contributed by atoms with Crippen LogP contribution in [-0.4, -0.2) is 118 Å². The van der Waals surface area contributed by atoms with Crippen LogP contribution in [0.3, 0.4) is 0 Å². The van der Waals surface area contributed by atoms with E-state index in [1.54, 1.807) is 0 Å². The fourth-order valence-electron chi connectivity index (χ4n) is 8.89. The van der Waals surface area contributed by atoms with Crippen LogP contribution in [0.4, 0.5) is 4.79 Å². The molecular formula is C57H110N2O10. The molecule has 0 aliphatic carbocycles. The van der Waals surface area contributed by atoms with Gasteiger partial charge in [0.15, 0.2) is 12.6 Å². The van der Waals surface area contributed by atoms with Gasteiger partial charge in [-0.05, 0) is 45.2 Å². The molecule has 0 spiro atoms. The number of likely N-dealkylation sites (tertiary alicyclic amines) is 1. The normalized spacial score (nSPS) is 15.2. The second-order valence-corrected chi connectivity index (χ2v) is 19.8. The Kier molecular flexibility index (Phi) is 45.5. The Balaban J connectivity index is 2.90. The van der Waals surface area contributed by atoms with E-state index in [1.807, 2.05) is 0 Å². The molecule has 0 aromatic heterocycles. The monoisotopic (exact) mass is 983 g/mol. The van der Waals surface area contributed by atoms with Crippen molar-refractivity contribution in [3.05, 3.63) is 0 Å². The first-order valence-electron chi connectivity index (χ1n) is 29.3. The number of rotatable bonds is 50. The zero-order valence-corrected chi connectivity index (χ0v) is 45.9. The zero-order chi connectivity index (χ0) is 50.3. The molecule has 69 heavy (non-hydrogen) atoms. The number of unbranched alkanes of at least 4 members (excludes halogenated alkanes) is 24. The molecule has 1 amide bonds. The Morgan fingerprint density at radius 1 is 0.435 bits per heavy atom. The van der Waals surface area contributed by atoms with Gasteiger partial charge >= 0.3 is 18.0 Å². The summed E-state index contributed by atoms with van der Waals surface area (Å²) in [5.74, 6) is -0.773. The molecule has 0 saturated carbocycles. The maximum Gasteiger partial charge on any atom is 0.410 e. The highest BCUT2D eigenvalue weighted by atomic mass is 16.7. The van der Waals surface area contributed by atoms with E-state index in [0.29, 0.717) is 52.1 Å². The smallest absolute Gasteiger partial charge is 0.410 e.